The highest BCUT2D eigenvalue weighted by Gasteiger charge is 2.48. The van der Waals surface area contributed by atoms with E-state index in [9.17, 15) is 9.59 Å². The van der Waals surface area contributed by atoms with Crippen LogP contribution in [0.3, 0.4) is 0 Å². The number of hydrogen-bond donors (Lipinski definition) is 2. The zero-order valence-electron chi connectivity index (χ0n) is 20.1. The average Bonchev–Trinajstić information content (AvgIpc) is 3.46. The van der Waals surface area contributed by atoms with E-state index < -0.39 is 0 Å². The number of carbonyl (C=O) groups excluding carboxylic acids is 2. The fraction of sp³-hybridized carbons (Fsp3) is 0.222. The van der Waals surface area contributed by atoms with Gasteiger partial charge in [-0.1, -0.05) is 18.1 Å². The van der Waals surface area contributed by atoms with E-state index in [2.05, 4.69) is 27.1 Å². The van der Waals surface area contributed by atoms with E-state index in [4.69, 9.17) is 10.8 Å². The summed E-state index contributed by atoms with van der Waals surface area (Å²) in [5.41, 5.74) is 3.31. The molecule has 4 heterocycles. The minimum atomic E-state index is -0.321. The molecule has 0 radical (unpaired) electrons. The number of rotatable bonds is 4. The van der Waals surface area contributed by atoms with Crippen molar-refractivity contribution in [2.75, 3.05) is 11.9 Å². The Morgan fingerprint density at radius 3 is 2.89 bits per heavy atom. The first-order valence-electron chi connectivity index (χ1n) is 11.7. The number of carbonyl (C=O) groups is 2. The van der Waals surface area contributed by atoms with Gasteiger partial charge in [-0.25, -0.2) is 4.98 Å². The molecule has 1 aromatic carbocycles. The fourth-order valence-electron chi connectivity index (χ4n) is 4.77. The molecule has 2 aromatic rings. The van der Waals surface area contributed by atoms with E-state index in [0.29, 0.717) is 40.7 Å². The lowest BCUT2D eigenvalue weighted by molar-refractivity contribution is -0.750. The standard InChI is InChI=1S/C27H25N7O2/c1-3-7-24(35)33-14-6-10-21(33)25-22-17-29-13-15-34(22,28)26(32-25)19-8-4-5-9-20(19)27(36)31-23-16-18(2)11-12-30-23/h4-5,8-9,11-13,15-17,21H,6,10,14,28H2,1-2H3/p+1. The molecule has 3 aliphatic rings. The van der Waals surface area contributed by atoms with Crippen LogP contribution in [-0.2, 0) is 4.79 Å². The molecule has 2 atom stereocenters. The molecule has 2 unspecified atom stereocenters. The molecular weight excluding hydrogens is 454 g/mol. The van der Waals surface area contributed by atoms with Crippen LogP contribution in [0.5, 0.6) is 0 Å². The van der Waals surface area contributed by atoms with Crippen LogP contribution in [-0.4, -0.2) is 50.9 Å². The first-order chi connectivity index (χ1) is 17.4. The van der Waals surface area contributed by atoms with Crippen LogP contribution in [0.4, 0.5) is 5.82 Å². The lowest BCUT2D eigenvalue weighted by Gasteiger charge is -2.28. The van der Waals surface area contributed by atoms with Crippen LogP contribution in [0.1, 0.15) is 41.3 Å². The Labute approximate surface area is 209 Å². The number of hydrogen-bond acceptors (Lipinski definition) is 6. The van der Waals surface area contributed by atoms with Crippen molar-refractivity contribution in [2.24, 2.45) is 15.8 Å². The summed E-state index contributed by atoms with van der Waals surface area (Å²) in [5.74, 6) is 12.6. The number of anilines is 1. The van der Waals surface area contributed by atoms with Gasteiger partial charge in [0.1, 0.15) is 17.7 Å². The lowest BCUT2D eigenvalue weighted by atomic mass is 10.0. The third-order valence-corrected chi connectivity index (χ3v) is 6.45. The highest BCUT2D eigenvalue weighted by molar-refractivity contribution is 6.13. The summed E-state index contributed by atoms with van der Waals surface area (Å²) >= 11 is 0. The van der Waals surface area contributed by atoms with Crippen LogP contribution in [0.15, 0.2) is 76.4 Å². The van der Waals surface area contributed by atoms with Crippen LogP contribution < -0.4 is 11.2 Å². The molecule has 2 amide bonds. The zero-order chi connectivity index (χ0) is 25.3. The molecule has 9 heteroatoms. The number of pyridine rings is 1. The topological polar surface area (TPSA) is 113 Å². The van der Waals surface area contributed by atoms with E-state index in [1.807, 2.05) is 25.1 Å². The van der Waals surface area contributed by atoms with E-state index >= 15 is 0 Å². The summed E-state index contributed by atoms with van der Waals surface area (Å²) in [6.07, 6.45) is 8.24. The highest BCUT2D eigenvalue weighted by atomic mass is 16.2. The van der Waals surface area contributed by atoms with Crippen LogP contribution in [0.2, 0.25) is 0 Å². The molecule has 1 aromatic heterocycles. The molecule has 1 saturated heterocycles. The van der Waals surface area contributed by atoms with Gasteiger partial charge in [0.2, 0.25) is 5.70 Å². The van der Waals surface area contributed by atoms with Crippen molar-refractivity contribution in [3.05, 3.63) is 83.1 Å². The number of nitrogens with two attached hydrogens (primary N) is 1. The smallest absolute Gasteiger partial charge is 0.299 e. The number of nitrogens with one attached hydrogen (secondary N) is 1. The molecule has 0 bridgehead atoms. The van der Waals surface area contributed by atoms with Crippen molar-refractivity contribution in [1.29, 1.82) is 0 Å². The number of allylic oxidation sites excluding steroid dienone is 1. The molecule has 9 nitrogen and oxygen atoms in total. The van der Waals surface area contributed by atoms with E-state index in [0.717, 1.165) is 18.4 Å². The molecule has 180 valence electrons. The van der Waals surface area contributed by atoms with Gasteiger partial charge in [0.25, 0.3) is 17.6 Å². The average molecular weight is 481 g/mol. The fourth-order valence-corrected chi connectivity index (χ4v) is 4.77. The summed E-state index contributed by atoms with van der Waals surface area (Å²) in [4.78, 5) is 41.3. The van der Waals surface area contributed by atoms with Gasteiger partial charge in [0.05, 0.1) is 29.6 Å². The normalized spacial score (nSPS) is 22.1. The van der Waals surface area contributed by atoms with Crippen molar-refractivity contribution >= 4 is 29.7 Å². The maximum absolute atomic E-state index is 13.3. The molecule has 3 N–H and O–H groups in total. The molecule has 0 aliphatic carbocycles. The minimum absolute atomic E-state index is 0.236. The van der Waals surface area contributed by atoms with Gasteiger partial charge < -0.3 is 10.2 Å². The highest BCUT2D eigenvalue weighted by Crippen LogP contribution is 2.37. The Bertz CT molecular complexity index is 1440. The second-order valence-electron chi connectivity index (χ2n) is 8.81. The van der Waals surface area contributed by atoms with E-state index in [1.165, 1.54) is 0 Å². The Balaban J connectivity index is 1.56. The van der Waals surface area contributed by atoms with Gasteiger partial charge in [-0.3, -0.25) is 14.6 Å². The number of aromatic nitrogens is 1. The van der Waals surface area contributed by atoms with Crippen LogP contribution >= 0.6 is 0 Å². The Kier molecular flexibility index (Phi) is 6.06. The van der Waals surface area contributed by atoms with Gasteiger partial charge in [0, 0.05) is 12.7 Å². The molecule has 0 saturated carbocycles. The Morgan fingerprint density at radius 2 is 2.08 bits per heavy atom. The Hall–Kier alpha value is -4.39. The second-order valence-corrected chi connectivity index (χ2v) is 8.81. The number of nitrogens with zero attached hydrogens (tertiary/aromatic N) is 5. The molecule has 5 rings (SSSR count). The van der Waals surface area contributed by atoms with Gasteiger partial charge in [0.15, 0.2) is 0 Å². The van der Waals surface area contributed by atoms with E-state index in [-0.39, 0.29) is 22.4 Å². The summed E-state index contributed by atoms with van der Waals surface area (Å²) in [6, 6.07) is 10.6. The van der Waals surface area contributed by atoms with Crippen molar-refractivity contribution < 1.29 is 14.2 Å². The number of amides is 2. The van der Waals surface area contributed by atoms with Gasteiger partial charge >= 0.3 is 0 Å². The number of aliphatic imine (C=N–C) groups is 2. The molecule has 0 spiro atoms. The summed E-state index contributed by atoms with van der Waals surface area (Å²) < 4.78 is -0.246. The number of likely N-dealkylation sites (tertiary alicyclic amines) is 1. The third-order valence-electron chi connectivity index (χ3n) is 6.45. The van der Waals surface area contributed by atoms with Crippen LogP contribution in [0.25, 0.3) is 0 Å². The molecule has 1 fully saturated rings. The predicted molar refractivity (Wildman–Crippen MR) is 137 cm³/mol. The van der Waals surface area contributed by atoms with Gasteiger partial charge in [-0.15, -0.1) is 4.59 Å². The summed E-state index contributed by atoms with van der Waals surface area (Å²) in [5, 5.41) is 2.87. The SMILES string of the molecule is CC#CC(=O)N1CCCC1C1=C2C=NC=C[N+]2(N)C(c2ccccc2C(=O)Nc2cc(C)ccn2)=N1. The van der Waals surface area contributed by atoms with Gasteiger partial charge in [-0.05, 0) is 62.4 Å². The minimum Gasteiger partial charge on any atom is -0.323 e. The van der Waals surface area contributed by atoms with Crippen molar-refractivity contribution in [2.45, 2.75) is 32.7 Å². The number of amidine groups is 1. The first-order valence-corrected chi connectivity index (χ1v) is 11.7. The second kappa shape index (κ2) is 9.34. The lowest BCUT2D eigenvalue weighted by Crippen LogP contribution is -2.53. The van der Waals surface area contributed by atoms with Crippen molar-refractivity contribution in [3.63, 3.8) is 0 Å². The summed E-state index contributed by atoms with van der Waals surface area (Å²) in [7, 11) is 0. The maximum Gasteiger partial charge on any atom is 0.299 e. The van der Waals surface area contributed by atoms with Crippen molar-refractivity contribution in [3.8, 4) is 11.8 Å². The number of benzene rings is 1. The van der Waals surface area contributed by atoms with E-state index in [1.54, 1.807) is 54.8 Å². The quantitative estimate of drug-likeness (QED) is 0.398. The largest absolute Gasteiger partial charge is 0.323 e. The monoisotopic (exact) mass is 480 g/mol. The zero-order valence-corrected chi connectivity index (χ0v) is 20.1. The number of quaternary nitrogens is 1. The number of fused-ring (bicyclic) bond motifs is 1. The number of aryl methyl sites for hydroxylation is 1. The Morgan fingerprint density at radius 1 is 1.25 bits per heavy atom. The molecular formula is C27H26N7O2+. The van der Waals surface area contributed by atoms with Crippen LogP contribution in [0, 0.1) is 18.8 Å². The first kappa shape index (κ1) is 23.4. The summed E-state index contributed by atoms with van der Waals surface area (Å²) in [6.45, 7) is 4.17. The van der Waals surface area contributed by atoms with Gasteiger partial charge in [-0.2, -0.15) is 10.8 Å². The molecule has 3 aliphatic heterocycles. The predicted octanol–water partition coefficient (Wildman–Crippen LogP) is 2.87. The third kappa shape index (κ3) is 4.02. The maximum atomic E-state index is 13.3. The van der Waals surface area contributed by atoms with Crippen molar-refractivity contribution in [1.82, 2.24) is 9.88 Å². The molecule has 36 heavy (non-hydrogen) atoms.